The van der Waals surface area contributed by atoms with Crippen LogP contribution < -0.4 is 37.2 Å². The Bertz CT molecular complexity index is 1930. The van der Waals surface area contributed by atoms with Crippen molar-refractivity contribution in [1.29, 1.82) is 0 Å². The Morgan fingerprint density at radius 1 is 0.629 bits per heavy atom. The lowest BCUT2D eigenvalue weighted by atomic mass is 10.0. The number of benzene rings is 3. The van der Waals surface area contributed by atoms with Gasteiger partial charge in [-0.1, -0.05) is 60.7 Å². The Hall–Kier alpha value is -6.63. The highest BCUT2D eigenvalue weighted by Gasteiger charge is 2.29. The van der Waals surface area contributed by atoms with Gasteiger partial charge in [-0.15, -0.1) is 0 Å². The molecule has 0 aromatic heterocycles. The highest BCUT2D eigenvalue weighted by Crippen LogP contribution is 2.19. The molecule has 19 heteroatoms. The third kappa shape index (κ3) is 19.2. The summed E-state index contributed by atoms with van der Waals surface area (Å²) in [6.45, 7) is 2.06. The molecule has 0 fully saturated rings. The third-order valence-corrected chi connectivity index (χ3v) is 9.70. The van der Waals surface area contributed by atoms with Gasteiger partial charge in [0.25, 0.3) is 12.4 Å². The second-order valence-electron chi connectivity index (χ2n) is 14.1. The van der Waals surface area contributed by atoms with E-state index in [1.807, 2.05) is 0 Å². The lowest BCUT2D eigenvalue weighted by molar-refractivity contribution is -0.131. The van der Waals surface area contributed by atoms with Crippen LogP contribution in [0.5, 0.6) is 0 Å². The molecule has 332 valence electrons. The van der Waals surface area contributed by atoms with Gasteiger partial charge in [-0.05, 0) is 55.2 Å². The normalized spacial score (nSPS) is 13.0. The zero-order valence-corrected chi connectivity index (χ0v) is 35.0. The van der Waals surface area contributed by atoms with Crippen LogP contribution in [0.2, 0.25) is 0 Å². The van der Waals surface area contributed by atoms with Crippen molar-refractivity contribution in [2.75, 3.05) is 19.7 Å². The summed E-state index contributed by atoms with van der Waals surface area (Å²) in [6, 6.07) is 18.2. The molecule has 62 heavy (non-hydrogen) atoms. The van der Waals surface area contributed by atoms with E-state index in [-0.39, 0.29) is 94.7 Å². The lowest BCUT2D eigenvalue weighted by Gasteiger charge is -2.25. The van der Waals surface area contributed by atoms with E-state index < -0.39 is 59.9 Å². The van der Waals surface area contributed by atoms with Gasteiger partial charge in [0.2, 0.25) is 23.6 Å². The molecule has 3 aromatic carbocycles. The molecule has 3 rings (SSSR count). The van der Waals surface area contributed by atoms with Gasteiger partial charge in [0.1, 0.15) is 24.7 Å². The van der Waals surface area contributed by atoms with Gasteiger partial charge >= 0.3 is 6.03 Å². The standard InChI is InChI=1S/C43H52FN7O10S/c1-29(47-43(60)49-34(27-53)20-23-61-28-54)12-18-38(55)45-21-22-46-39(56)19-15-33(26-52)48-41(58)36(24-30-8-4-2-5-9-30)51-42(59)37(25-31-10-6-3-7-11-31)50-40(57)32-13-16-35(62-44)17-14-32/h2-11,13-14,16-17,26-29,33-34,36-37H,12,15,18-25H2,1H3,(H,45,55)(H,46,56)(H,48,58)(H,50,57)(H,51,59)(H2,47,49,60). The number of aldehydes is 2. The average molecular weight is 878 g/mol. The maximum absolute atomic E-state index is 13.9. The molecule has 17 nitrogen and oxygen atoms in total. The van der Waals surface area contributed by atoms with Gasteiger partial charge in [0.05, 0.1) is 30.8 Å². The van der Waals surface area contributed by atoms with Gasteiger partial charge in [0, 0.05) is 61.7 Å². The van der Waals surface area contributed by atoms with E-state index in [1.54, 1.807) is 67.6 Å². The molecule has 7 amide bonds. The summed E-state index contributed by atoms with van der Waals surface area (Å²) >= 11 is 0.0301. The van der Waals surface area contributed by atoms with Crippen LogP contribution in [0.1, 0.15) is 60.5 Å². The molecule has 7 N–H and O–H groups in total. The molecule has 0 saturated heterocycles. The van der Waals surface area contributed by atoms with Crippen LogP contribution in [-0.2, 0) is 51.1 Å². The zero-order valence-electron chi connectivity index (χ0n) is 34.1. The summed E-state index contributed by atoms with van der Waals surface area (Å²) in [7, 11) is 0. The summed E-state index contributed by atoms with van der Waals surface area (Å²) in [6.07, 6.45) is 1.36. The quantitative estimate of drug-likeness (QED) is 0.0411. The molecule has 5 unspecified atom stereocenters. The first-order valence-electron chi connectivity index (χ1n) is 19.9. The minimum atomic E-state index is -1.19. The van der Waals surface area contributed by atoms with E-state index in [2.05, 4.69) is 42.0 Å². The van der Waals surface area contributed by atoms with E-state index in [1.165, 1.54) is 24.3 Å². The van der Waals surface area contributed by atoms with Crippen LogP contribution in [-0.4, -0.2) is 105 Å². The molecule has 0 heterocycles. The summed E-state index contributed by atoms with van der Waals surface area (Å²) < 4.78 is 17.5. The Balaban J connectivity index is 1.50. The number of amides is 7. The topological polar surface area (TPSA) is 247 Å². The first-order valence-corrected chi connectivity index (χ1v) is 20.6. The first kappa shape index (κ1) is 49.7. The van der Waals surface area contributed by atoms with Crippen LogP contribution in [0.3, 0.4) is 0 Å². The number of carbonyl (C=O) groups is 9. The van der Waals surface area contributed by atoms with E-state index in [9.17, 15) is 47.0 Å². The van der Waals surface area contributed by atoms with E-state index >= 15 is 0 Å². The van der Waals surface area contributed by atoms with Crippen LogP contribution in [0, 0.1) is 0 Å². The van der Waals surface area contributed by atoms with Crippen LogP contribution in [0.4, 0.5) is 8.68 Å². The second kappa shape index (κ2) is 28.0. The van der Waals surface area contributed by atoms with Gasteiger partial charge in [-0.2, -0.15) is 3.89 Å². The molecular formula is C43H52FN7O10S. The van der Waals surface area contributed by atoms with E-state index in [4.69, 9.17) is 0 Å². The summed E-state index contributed by atoms with van der Waals surface area (Å²) in [4.78, 5) is 112. The van der Waals surface area contributed by atoms with Crippen LogP contribution in [0.15, 0.2) is 89.8 Å². The van der Waals surface area contributed by atoms with Crippen molar-refractivity contribution in [3.05, 3.63) is 102 Å². The maximum Gasteiger partial charge on any atom is 0.315 e. The molecule has 0 bridgehead atoms. The summed E-state index contributed by atoms with van der Waals surface area (Å²) in [5.74, 6) is -2.72. The van der Waals surface area contributed by atoms with Crippen molar-refractivity contribution >= 4 is 66.8 Å². The summed E-state index contributed by atoms with van der Waals surface area (Å²) in [5.41, 5.74) is 1.63. The minimum absolute atomic E-state index is 0.0301. The Morgan fingerprint density at radius 2 is 1.15 bits per heavy atom. The van der Waals surface area contributed by atoms with Gasteiger partial charge in [-0.3, -0.25) is 28.8 Å². The maximum atomic E-state index is 13.9. The highest BCUT2D eigenvalue weighted by atomic mass is 32.2. The fourth-order valence-electron chi connectivity index (χ4n) is 5.89. The zero-order chi connectivity index (χ0) is 45.1. The predicted molar refractivity (Wildman–Crippen MR) is 227 cm³/mol. The van der Waals surface area contributed by atoms with Crippen molar-refractivity contribution in [3.8, 4) is 0 Å². The molecule has 0 radical (unpaired) electrons. The van der Waals surface area contributed by atoms with Crippen LogP contribution >= 0.6 is 12.1 Å². The number of halogens is 1. The number of ether oxygens (including phenoxy) is 1. The first-order chi connectivity index (χ1) is 29.9. The molecular weight excluding hydrogens is 826 g/mol. The number of rotatable bonds is 28. The van der Waals surface area contributed by atoms with Crippen LogP contribution in [0.25, 0.3) is 0 Å². The summed E-state index contributed by atoms with van der Waals surface area (Å²) in [5, 5.41) is 18.4. The van der Waals surface area contributed by atoms with E-state index in [0.29, 0.717) is 23.0 Å². The highest BCUT2D eigenvalue weighted by molar-refractivity contribution is 7.94. The minimum Gasteiger partial charge on any atom is -0.468 e. The molecule has 0 aliphatic heterocycles. The van der Waals surface area contributed by atoms with E-state index in [0.717, 1.165) is 5.56 Å². The molecule has 0 aliphatic rings. The SMILES string of the molecule is CC(CCC(=O)NCCNC(=O)CCC(C=O)NC(=O)C(Cc1ccccc1)NC(=O)C(Cc1ccccc1)NC(=O)c1ccc(SF)cc1)NC(=O)NC(C=O)CCOC=O. The molecule has 0 spiro atoms. The number of urea groups is 1. The lowest BCUT2D eigenvalue weighted by Crippen LogP contribution is -2.56. The third-order valence-electron chi connectivity index (χ3n) is 9.25. The van der Waals surface area contributed by atoms with Gasteiger partial charge in [0.15, 0.2) is 0 Å². The van der Waals surface area contributed by atoms with Gasteiger partial charge in [-0.25, -0.2) is 4.79 Å². The smallest absolute Gasteiger partial charge is 0.315 e. The molecule has 3 aromatic rings. The van der Waals surface area contributed by atoms with Crippen molar-refractivity contribution in [2.24, 2.45) is 0 Å². The Kier molecular flexibility index (Phi) is 22.5. The number of nitrogens with one attached hydrogen (secondary N) is 7. The number of hydrogen-bond donors (Lipinski definition) is 7. The number of hydrogen-bond acceptors (Lipinski definition) is 11. The largest absolute Gasteiger partial charge is 0.468 e. The second-order valence-corrected chi connectivity index (χ2v) is 14.7. The monoisotopic (exact) mass is 877 g/mol. The number of carbonyl (C=O) groups excluding carboxylic acids is 9. The Morgan fingerprint density at radius 3 is 1.68 bits per heavy atom. The van der Waals surface area contributed by atoms with Crippen molar-refractivity contribution < 1.29 is 51.8 Å². The van der Waals surface area contributed by atoms with Crippen molar-refractivity contribution in [3.63, 3.8) is 0 Å². The Labute approximate surface area is 363 Å². The van der Waals surface area contributed by atoms with Crippen molar-refractivity contribution in [2.45, 2.75) is 87.0 Å². The fraction of sp³-hybridized carbons (Fsp3) is 0.372. The fourth-order valence-corrected chi connectivity index (χ4v) is 6.12. The van der Waals surface area contributed by atoms with Gasteiger partial charge < -0.3 is 51.5 Å². The molecule has 0 saturated carbocycles. The molecule has 0 aliphatic carbocycles. The molecule has 5 atom stereocenters. The average Bonchev–Trinajstić information content (AvgIpc) is 3.28. The van der Waals surface area contributed by atoms with Crippen molar-refractivity contribution in [1.82, 2.24) is 37.2 Å². The predicted octanol–water partition coefficient (Wildman–Crippen LogP) is 2.03.